The van der Waals surface area contributed by atoms with Crippen molar-refractivity contribution < 1.29 is 0 Å². The second kappa shape index (κ2) is 7.32. The fraction of sp³-hybridized carbons (Fsp3) is 0.933. The minimum Gasteiger partial charge on any atom is -0.360 e. The molecule has 1 atom stereocenters. The standard InChI is InChI=1S/C15H28N2S/c1-2-6-13-7-5-11-17(12-10-13)15(18)16-14-8-3-4-9-14/h13-14H,2-12H2,1H3,(H,16,18). The number of hydrogen-bond donors (Lipinski definition) is 1. The molecule has 0 aromatic rings. The lowest BCUT2D eigenvalue weighted by molar-refractivity contribution is 0.393. The van der Waals surface area contributed by atoms with Gasteiger partial charge in [-0.1, -0.05) is 32.6 Å². The van der Waals surface area contributed by atoms with Crippen LogP contribution in [0, 0.1) is 5.92 Å². The van der Waals surface area contributed by atoms with E-state index in [2.05, 4.69) is 17.1 Å². The first kappa shape index (κ1) is 14.1. The summed E-state index contributed by atoms with van der Waals surface area (Å²) in [6.07, 6.45) is 12.1. The normalized spacial score (nSPS) is 26.1. The van der Waals surface area contributed by atoms with Gasteiger partial charge in [0.15, 0.2) is 5.11 Å². The molecule has 104 valence electrons. The van der Waals surface area contributed by atoms with Gasteiger partial charge in [0.2, 0.25) is 0 Å². The maximum Gasteiger partial charge on any atom is 0.169 e. The molecule has 1 saturated heterocycles. The van der Waals surface area contributed by atoms with Crippen molar-refractivity contribution in [2.45, 2.75) is 70.8 Å². The summed E-state index contributed by atoms with van der Waals surface area (Å²) in [6.45, 7) is 4.64. The van der Waals surface area contributed by atoms with Gasteiger partial charge < -0.3 is 10.2 Å². The summed E-state index contributed by atoms with van der Waals surface area (Å²) in [5.41, 5.74) is 0. The number of likely N-dealkylation sites (tertiary alicyclic amines) is 1. The van der Waals surface area contributed by atoms with Crippen molar-refractivity contribution in [2.24, 2.45) is 5.92 Å². The molecule has 0 bridgehead atoms. The number of thiocarbonyl (C=S) groups is 1. The summed E-state index contributed by atoms with van der Waals surface area (Å²) in [5, 5.41) is 4.61. The highest BCUT2D eigenvalue weighted by atomic mass is 32.1. The maximum absolute atomic E-state index is 5.59. The summed E-state index contributed by atoms with van der Waals surface area (Å²) < 4.78 is 0. The van der Waals surface area contributed by atoms with Crippen LogP contribution >= 0.6 is 12.2 Å². The lowest BCUT2D eigenvalue weighted by Crippen LogP contribution is -2.44. The Bertz CT molecular complexity index is 261. The van der Waals surface area contributed by atoms with E-state index in [1.165, 1.54) is 70.9 Å². The van der Waals surface area contributed by atoms with Crippen LogP contribution < -0.4 is 5.32 Å². The van der Waals surface area contributed by atoms with Crippen molar-refractivity contribution in [1.29, 1.82) is 0 Å². The molecule has 1 aliphatic heterocycles. The Morgan fingerprint density at radius 3 is 2.61 bits per heavy atom. The molecule has 0 amide bonds. The molecule has 1 unspecified atom stereocenters. The van der Waals surface area contributed by atoms with Crippen LogP contribution in [0.15, 0.2) is 0 Å². The first-order chi connectivity index (χ1) is 8.79. The maximum atomic E-state index is 5.59. The lowest BCUT2D eigenvalue weighted by Gasteiger charge is -2.26. The predicted octanol–water partition coefficient (Wildman–Crippen LogP) is 3.71. The third kappa shape index (κ3) is 4.11. The van der Waals surface area contributed by atoms with Gasteiger partial charge >= 0.3 is 0 Å². The molecule has 1 N–H and O–H groups in total. The van der Waals surface area contributed by atoms with E-state index >= 15 is 0 Å². The SMILES string of the molecule is CCCC1CCCN(C(=S)NC2CCCC2)CC1. The number of nitrogens with one attached hydrogen (secondary N) is 1. The second-order valence-electron chi connectivity index (χ2n) is 6.00. The molecule has 2 rings (SSSR count). The van der Waals surface area contributed by atoms with Gasteiger partial charge in [-0.25, -0.2) is 0 Å². The van der Waals surface area contributed by atoms with E-state index in [9.17, 15) is 0 Å². The van der Waals surface area contributed by atoms with Crippen molar-refractivity contribution in [3.63, 3.8) is 0 Å². The van der Waals surface area contributed by atoms with Crippen LogP contribution in [0.25, 0.3) is 0 Å². The van der Waals surface area contributed by atoms with E-state index in [0.29, 0.717) is 6.04 Å². The Hall–Kier alpha value is -0.310. The molecule has 1 heterocycles. The average Bonchev–Trinajstić information content (AvgIpc) is 2.74. The van der Waals surface area contributed by atoms with Gasteiger partial charge in [0.05, 0.1) is 0 Å². The highest BCUT2D eigenvalue weighted by Crippen LogP contribution is 2.23. The molecule has 0 aromatic heterocycles. The van der Waals surface area contributed by atoms with Gasteiger partial charge in [-0.05, 0) is 50.2 Å². The first-order valence-electron chi connectivity index (χ1n) is 7.85. The molecule has 1 aliphatic carbocycles. The average molecular weight is 268 g/mol. The zero-order valence-corrected chi connectivity index (χ0v) is 12.6. The Kier molecular flexibility index (Phi) is 5.74. The molecule has 1 saturated carbocycles. The van der Waals surface area contributed by atoms with Crippen molar-refractivity contribution in [3.05, 3.63) is 0 Å². The van der Waals surface area contributed by atoms with Gasteiger partial charge in [-0.2, -0.15) is 0 Å². The van der Waals surface area contributed by atoms with Crippen LogP contribution in [0.5, 0.6) is 0 Å². The largest absolute Gasteiger partial charge is 0.360 e. The van der Waals surface area contributed by atoms with Gasteiger partial charge in [-0.15, -0.1) is 0 Å². The molecule has 2 aliphatic rings. The highest BCUT2D eigenvalue weighted by Gasteiger charge is 2.21. The fourth-order valence-corrected chi connectivity index (χ4v) is 3.75. The van der Waals surface area contributed by atoms with E-state index in [1.807, 2.05) is 0 Å². The molecule has 0 aromatic carbocycles. The highest BCUT2D eigenvalue weighted by molar-refractivity contribution is 7.80. The van der Waals surface area contributed by atoms with Crippen LogP contribution in [0.3, 0.4) is 0 Å². The van der Waals surface area contributed by atoms with Crippen LogP contribution in [0.2, 0.25) is 0 Å². The zero-order valence-electron chi connectivity index (χ0n) is 11.8. The first-order valence-corrected chi connectivity index (χ1v) is 8.26. The lowest BCUT2D eigenvalue weighted by atomic mass is 9.96. The molecular formula is C15H28N2S. The Morgan fingerprint density at radius 2 is 1.89 bits per heavy atom. The molecular weight excluding hydrogens is 240 g/mol. The number of nitrogens with zero attached hydrogens (tertiary/aromatic N) is 1. The topological polar surface area (TPSA) is 15.3 Å². The second-order valence-corrected chi connectivity index (χ2v) is 6.39. The van der Waals surface area contributed by atoms with Crippen molar-refractivity contribution >= 4 is 17.3 Å². The third-order valence-corrected chi connectivity index (χ3v) is 4.89. The molecule has 0 radical (unpaired) electrons. The summed E-state index contributed by atoms with van der Waals surface area (Å²) >= 11 is 5.59. The minimum atomic E-state index is 0.659. The summed E-state index contributed by atoms with van der Waals surface area (Å²) in [7, 11) is 0. The quantitative estimate of drug-likeness (QED) is 0.786. The van der Waals surface area contributed by atoms with E-state index in [1.54, 1.807) is 0 Å². The van der Waals surface area contributed by atoms with Crippen LogP contribution in [0.4, 0.5) is 0 Å². The Balaban J connectivity index is 1.76. The van der Waals surface area contributed by atoms with E-state index in [0.717, 1.165) is 11.0 Å². The van der Waals surface area contributed by atoms with Crippen LogP contribution in [-0.2, 0) is 0 Å². The minimum absolute atomic E-state index is 0.659. The monoisotopic (exact) mass is 268 g/mol. The van der Waals surface area contributed by atoms with E-state index in [-0.39, 0.29) is 0 Å². The zero-order chi connectivity index (χ0) is 12.8. The van der Waals surface area contributed by atoms with E-state index < -0.39 is 0 Å². The number of rotatable bonds is 3. The molecule has 0 spiro atoms. The summed E-state index contributed by atoms with van der Waals surface area (Å²) in [5.74, 6) is 0.939. The predicted molar refractivity (Wildman–Crippen MR) is 81.8 cm³/mol. The Morgan fingerprint density at radius 1 is 1.11 bits per heavy atom. The van der Waals surface area contributed by atoms with Crippen molar-refractivity contribution in [2.75, 3.05) is 13.1 Å². The van der Waals surface area contributed by atoms with Crippen LogP contribution in [0.1, 0.15) is 64.7 Å². The van der Waals surface area contributed by atoms with Gasteiger partial charge in [-0.3, -0.25) is 0 Å². The molecule has 2 nitrogen and oxygen atoms in total. The van der Waals surface area contributed by atoms with Gasteiger partial charge in [0, 0.05) is 19.1 Å². The van der Waals surface area contributed by atoms with E-state index in [4.69, 9.17) is 12.2 Å². The molecule has 3 heteroatoms. The molecule has 2 fully saturated rings. The molecule has 18 heavy (non-hydrogen) atoms. The van der Waals surface area contributed by atoms with Crippen molar-refractivity contribution in [3.8, 4) is 0 Å². The van der Waals surface area contributed by atoms with Gasteiger partial charge in [0.1, 0.15) is 0 Å². The van der Waals surface area contributed by atoms with Crippen LogP contribution in [-0.4, -0.2) is 29.1 Å². The summed E-state index contributed by atoms with van der Waals surface area (Å²) in [4.78, 5) is 2.42. The summed E-state index contributed by atoms with van der Waals surface area (Å²) in [6, 6.07) is 0.659. The van der Waals surface area contributed by atoms with Gasteiger partial charge in [0.25, 0.3) is 0 Å². The van der Waals surface area contributed by atoms with Crippen molar-refractivity contribution in [1.82, 2.24) is 10.2 Å². The Labute approximate surface area is 118 Å². The smallest absolute Gasteiger partial charge is 0.169 e. The third-order valence-electron chi connectivity index (χ3n) is 4.51. The fourth-order valence-electron chi connectivity index (χ4n) is 3.40. The number of hydrogen-bond acceptors (Lipinski definition) is 1.